The summed E-state index contributed by atoms with van der Waals surface area (Å²) >= 11 is 1.54. The molecule has 0 bridgehead atoms. The van der Waals surface area contributed by atoms with Crippen LogP contribution in [0.2, 0.25) is 0 Å². The van der Waals surface area contributed by atoms with Crippen molar-refractivity contribution in [3.63, 3.8) is 0 Å². The molecule has 0 radical (unpaired) electrons. The maximum atomic E-state index is 12.9. The number of aliphatic hydroxyl groups is 1. The van der Waals surface area contributed by atoms with E-state index in [-0.39, 0.29) is 19.5 Å². The van der Waals surface area contributed by atoms with E-state index in [0.717, 1.165) is 26.4 Å². The van der Waals surface area contributed by atoms with Crippen molar-refractivity contribution in [2.45, 2.75) is 31.7 Å². The zero-order valence-corrected chi connectivity index (χ0v) is 14.7. The largest absolute Gasteiger partial charge is 0.418 e. The molecule has 1 aliphatic rings. The van der Waals surface area contributed by atoms with Gasteiger partial charge in [-0.3, -0.25) is 10.00 Å². The second-order valence-electron chi connectivity index (χ2n) is 6.55. The van der Waals surface area contributed by atoms with Gasteiger partial charge in [-0.25, -0.2) is 9.97 Å². The van der Waals surface area contributed by atoms with E-state index in [1.807, 2.05) is 13.0 Å². The Morgan fingerprint density at radius 1 is 1.38 bits per heavy atom. The molecule has 10 heteroatoms. The molecule has 26 heavy (non-hydrogen) atoms. The number of likely N-dealkylation sites (tertiary alicyclic amines) is 1. The average molecular weight is 383 g/mol. The molecule has 6 nitrogen and oxygen atoms in total. The van der Waals surface area contributed by atoms with Crippen LogP contribution in [0.1, 0.15) is 17.9 Å². The number of rotatable bonds is 3. The molecule has 1 atom stereocenters. The lowest BCUT2D eigenvalue weighted by atomic mass is 10.0. The fraction of sp³-hybridized carbons (Fsp3) is 0.438. The molecule has 2 N–H and O–H groups in total. The first kappa shape index (κ1) is 17.4. The van der Waals surface area contributed by atoms with Gasteiger partial charge < -0.3 is 5.11 Å². The predicted octanol–water partition coefficient (Wildman–Crippen LogP) is 2.89. The number of aromatic amines is 1. The molecule has 1 fully saturated rings. The lowest BCUT2D eigenvalue weighted by molar-refractivity contribution is -0.254. The van der Waals surface area contributed by atoms with Gasteiger partial charge >= 0.3 is 6.18 Å². The highest BCUT2D eigenvalue weighted by Gasteiger charge is 2.56. The Hall–Kier alpha value is -2.04. The van der Waals surface area contributed by atoms with Gasteiger partial charge in [0.05, 0.1) is 23.0 Å². The molecule has 0 aliphatic carbocycles. The predicted molar refractivity (Wildman–Crippen MR) is 90.6 cm³/mol. The SMILES string of the molecule is Cc1[nH]ncc1-c1cc2nc(CN3CCC(O)(C(F)(F)F)C3)ncc2s1. The molecule has 1 saturated heterocycles. The number of aryl methyl sites for hydroxylation is 1. The van der Waals surface area contributed by atoms with Crippen molar-refractivity contribution in [1.29, 1.82) is 0 Å². The highest BCUT2D eigenvalue weighted by Crippen LogP contribution is 2.38. The van der Waals surface area contributed by atoms with Crippen molar-refractivity contribution in [2.75, 3.05) is 13.1 Å². The summed E-state index contributed by atoms with van der Waals surface area (Å²) in [5, 5.41) is 16.7. The van der Waals surface area contributed by atoms with Crippen LogP contribution in [-0.2, 0) is 6.54 Å². The van der Waals surface area contributed by atoms with E-state index >= 15 is 0 Å². The molecule has 3 aromatic heterocycles. The Labute approximate surface area is 150 Å². The normalized spacial score (nSPS) is 21.7. The molecular weight excluding hydrogens is 367 g/mol. The Bertz CT molecular complexity index is 953. The Balaban J connectivity index is 1.54. The number of aromatic nitrogens is 4. The summed E-state index contributed by atoms with van der Waals surface area (Å²) in [5.41, 5.74) is 0.0457. The van der Waals surface area contributed by atoms with Gasteiger partial charge in [0.2, 0.25) is 0 Å². The van der Waals surface area contributed by atoms with E-state index in [2.05, 4.69) is 20.2 Å². The molecule has 138 valence electrons. The summed E-state index contributed by atoms with van der Waals surface area (Å²) in [4.78, 5) is 11.3. The first-order valence-corrected chi connectivity index (χ1v) is 8.84. The van der Waals surface area contributed by atoms with Crippen LogP contribution < -0.4 is 0 Å². The van der Waals surface area contributed by atoms with Crippen molar-refractivity contribution < 1.29 is 18.3 Å². The highest BCUT2D eigenvalue weighted by atomic mass is 32.1. The van der Waals surface area contributed by atoms with Crippen molar-refractivity contribution in [3.05, 3.63) is 30.0 Å². The summed E-state index contributed by atoms with van der Waals surface area (Å²) < 4.78 is 39.7. The Morgan fingerprint density at radius 3 is 2.85 bits per heavy atom. The van der Waals surface area contributed by atoms with Gasteiger partial charge in [0.1, 0.15) is 5.82 Å². The number of alkyl halides is 3. The van der Waals surface area contributed by atoms with E-state index in [4.69, 9.17) is 0 Å². The molecule has 0 aromatic carbocycles. The maximum Gasteiger partial charge on any atom is 0.418 e. The van der Waals surface area contributed by atoms with Crippen molar-refractivity contribution in [3.8, 4) is 10.4 Å². The molecule has 4 rings (SSSR count). The monoisotopic (exact) mass is 383 g/mol. The third-order valence-electron chi connectivity index (χ3n) is 4.64. The van der Waals surface area contributed by atoms with Gasteiger partial charge in [-0.05, 0) is 19.4 Å². The van der Waals surface area contributed by atoms with Crippen LogP contribution in [0.5, 0.6) is 0 Å². The number of β-amino-alcohol motifs (C(OH)–C–C–N with tert-alkyl or cyclic N) is 1. The van der Waals surface area contributed by atoms with E-state index < -0.39 is 18.3 Å². The number of H-pyrrole nitrogens is 1. The second kappa shape index (κ2) is 6.00. The zero-order chi connectivity index (χ0) is 18.5. The first-order valence-electron chi connectivity index (χ1n) is 8.02. The van der Waals surface area contributed by atoms with Crippen molar-refractivity contribution in [1.82, 2.24) is 25.1 Å². The lowest BCUT2D eigenvalue weighted by Gasteiger charge is -2.25. The van der Waals surface area contributed by atoms with Crippen LogP contribution in [0.4, 0.5) is 13.2 Å². The first-order chi connectivity index (χ1) is 12.2. The van der Waals surface area contributed by atoms with Crippen LogP contribution in [0.15, 0.2) is 18.5 Å². The molecule has 0 spiro atoms. The topological polar surface area (TPSA) is 77.9 Å². The Morgan fingerprint density at radius 2 is 2.19 bits per heavy atom. The van der Waals surface area contributed by atoms with Crippen molar-refractivity contribution >= 4 is 21.6 Å². The number of hydrogen-bond donors (Lipinski definition) is 2. The van der Waals surface area contributed by atoms with E-state index in [9.17, 15) is 18.3 Å². The number of fused-ring (bicyclic) bond motifs is 1. The minimum Gasteiger partial charge on any atom is -0.379 e. The van der Waals surface area contributed by atoms with Gasteiger partial charge in [-0.15, -0.1) is 11.3 Å². The lowest BCUT2D eigenvalue weighted by Crippen LogP contribution is -2.47. The molecule has 0 amide bonds. The minimum atomic E-state index is -4.63. The fourth-order valence-corrected chi connectivity index (χ4v) is 4.16. The molecule has 0 saturated carbocycles. The summed E-state index contributed by atoms with van der Waals surface area (Å²) in [5.74, 6) is 0.442. The van der Waals surface area contributed by atoms with Crippen molar-refractivity contribution in [2.24, 2.45) is 0 Å². The molecule has 3 aromatic rings. The summed E-state index contributed by atoms with van der Waals surface area (Å²) in [6, 6.07) is 1.93. The standard InChI is InChI=1S/C16H16F3N5OS/c1-9-10(5-21-23-9)12-4-11-13(26-12)6-20-14(22-11)7-24-3-2-15(25,8-24)16(17,18)19/h4-6,25H,2-3,7-8H2,1H3,(H,21,23). The van der Waals surface area contributed by atoms with Gasteiger partial charge in [0.25, 0.3) is 0 Å². The van der Waals surface area contributed by atoms with Crippen LogP contribution in [0, 0.1) is 6.92 Å². The molecule has 4 heterocycles. The third-order valence-corrected chi connectivity index (χ3v) is 5.73. The molecule has 1 aliphatic heterocycles. The maximum absolute atomic E-state index is 12.9. The fourth-order valence-electron chi connectivity index (χ4n) is 3.12. The van der Waals surface area contributed by atoms with Crippen LogP contribution in [-0.4, -0.2) is 55.0 Å². The summed E-state index contributed by atoms with van der Waals surface area (Å²) in [6.45, 7) is 1.80. The number of halogens is 3. The average Bonchev–Trinajstić information content (AvgIpc) is 3.25. The van der Waals surface area contributed by atoms with Gasteiger partial charge in [0.15, 0.2) is 5.60 Å². The summed E-state index contributed by atoms with van der Waals surface area (Å²) in [7, 11) is 0. The van der Waals surface area contributed by atoms with Gasteiger partial charge in [-0.2, -0.15) is 18.3 Å². The van der Waals surface area contributed by atoms with Crippen LogP contribution in [0.25, 0.3) is 20.7 Å². The third kappa shape index (κ3) is 2.97. The van der Waals surface area contributed by atoms with Crippen LogP contribution >= 0.6 is 11.3 Å². The highest BCUT2D eigenvalue weighted by molar-refractivity contribution is 7.22. The van der Waals surface area contributed by atoms with E-state index in [1.165, 1.54) is 16.2 Å². The molecular formula is C16H16F3N5OS. The quantitative estimate of drug-likeness (QED) is 0.727. The number of hydrogen-bond acceptors (Lipinski definition) is 6. The zero-order valence-electron chi connectivity index (χ0n) is 13.8. The number of nitrogens with one attached hydrogen (secondary N) is 1. The van der Waals surface area contributed by atoms with Gasteiger partial charge in [-0.1, -0.05) is 0 Å². The van der Waals surface area contributed by atoms with Gasteiger partial charge in [0, 0.05) is 35.4 Å². The molecule has 1 unspecified atom stereocenters. The summed E-state index contributed by atoms with van der Waals surface area (Å²) in [6.07, 6.45) is -1.53. The second-order valence-corrected chi connectivity index (χ2v) is 7.63. The smallest absolute Gasteiger partial charge is 0.379 e. The number of thiophene rings is 1. The Kier molecular flexibility index (Phi) is 4.01. The minimum absolute atomic E-state index is 0.153. The van der Waals surface area contributed by atoms with E-state index in [0.29, 0.717) is 5.82 Å². The van der Waals surface area contributed by atoms with E-state index in [1.54, 1.807) is 12.4 Å². The van der Waals surface area contributed by atoms with Crippen LogP contribution in [0.3, 0.4) is 0 Å². The number of nitrogens with zero attached hydrogens (tertiary/aromatic N) is 4.